The van der Waals surface area contributed by atoms with Crippen molar-refractivity contribution in [3.8, 4) is 0 Å². The van der Waals surface area contributed by atoms with Crippen LogP contribution in [0, 0.1) is 0 Å². The second-order valence-corrected chi connectivity index (χ2v) is 6.97. The van der Waals surface area contributed by atoms with E-state index in [1.165, 1.54) is 18.2 Å². The summed E-state index contributed by atoms with van der Waals surface area (Å²) in [6, 6.07) is 13.0. The number of H-pyrrole nitrogens is 1. The van der Waals surface area contributed by atoms with Crippen LogP contribution in [-0.2, 0) is 15.7 Å². The van der Waals surface area contributed by atoms with Gasteiger partial charge in [0.2, 0.25) is 0 Å². The molecule has 2 aromatic carbocycles. The predicted molar refractivity (Wildman–Crippen MR) is 84.9 cm³/mol. The molecule has 0 saturated heterocycles. The van der Waals surface area contributed by atoms with E-state index in [-0.39, 0.29) is 47.3 Å². The van der Waals surface area contributed by atoms with Crippen LogP contribution in [0.15, 0.2) is 57.7 Å². The van der Waals surface area contributed by atoms with E-state index in [9.17, 15) is 19.0 Å². The van der Waals surface area contributed by atoms with Crippen molar-refractivity contribution in [2.24, 2.45) is 0 Å². The standard InChI is InChI=1S/C16H14NO6P.Na/c18-14(12-6-7-13-15(8-12)23-16(19)17-13)10-24(20,21)22-9-11-4-2-1-3-5-11;/h1-8H,9-10H2,(H,17,19)(H,20,21);/q;+1/p-1. The van der Waals surface area contributed by atoms with Gasteiger partial charge in [0.25, 0.3) is 0 Å². The molecule has 1 atom stereocenters. The van der Waals surface area contributed by atoms with Crippen molar-refractivity contribution in [3.05, 3.63) is 70.2 Å². The second kappa shape index (κ2) is 8.27. The Morgan fingerprint density at radius 1 is 1.20 bits per heavy atom. The van der Waals surface area contributed by atoms with Gasteiger partial charge in [-0.3, -0.25) is 9.78 Å². The minimum absolute atomic E-state index is 0. The van der Waals surface area contributed by atoms with Gasteiger partial charge in [-0.2, -0.15) is 0 Å². The van der Waals surface area contributed by atoms with Gasteiger partial charge in [0, 0.05) is 5.56 Å². The maximum Gasteiger partial charge on any atom is 1.00 e. The number of aromatic nitrogens is 1. The van der Waals surface area contributed by atoms with Crippen molar-refractivity contribution in [1.29, 1.82) is 0 Å². The first kappa shape index (κ1) is 19.8. The van der Waals surface area contributed by atoms with Crippen LogP contribution in [0.1, 0.15) is 15.9 Å². The predicted octanol–water partition coefficient (Wildman–Crippen LogP) is -0.922. The maximum absolute atomic E-state index is 12.1. The van der Waals surface area contributed by atoms with E-state index in [4.69, 9.17) is 8.94 Å². The second-order valence-electron chi connectivity index (χ2n) is 5.18. The third-order valence-corrected chi connectivity index (χ3v) is 4.55. The molecule has 1 heterocycles. The van der Waals surface area contributed by atoms with Crippen molar-refractivity contribution in [2.45, 2.75) is 6.61 Å². The molecule has 124 valence electrons. The SMILES string of the molecule is O=C(CP(=O)([O-])OCc1ccccc1)c1ccc2[nH]c(=O)oc2c1.[Na+]. The molecule has 25 heavy (non-hydrogen) atoms. The fourth-order valence-corrected chi connectivity index (χ4v) is 3.15. The van der Waals surface area contributed by atoms with Crippen LogP contribution in [0.25, 0.3) is 11.1 Å². The van der Waals surface area contributed by atoms with Crippen molar-refractivity contribution >= 4 is 24.5 Å². The average molecular weight is 369 g/mol. The van der Waals surface area contributed by atoms with E-state index >= 15 is 0 Å². The molecule has 0 saturated carbocycles. The molecule has 0 amide bonds. The van der Waals surface area contributed by atoms with Crippen LogP contribution >= 0.6 is 7.60 Å². The number of nitrogens with one attached hydrogen (secondary N) is 1. The van der Waals surface area contributed by atoms with Gasteiger partial charge in [-0.1, -0.05) is 30.3 Å². The summed E-state index contributed by atoms with van der Waals surface area (Å²) in [7, 11) is -4.33. The number of hydrogen-bond donors (Lipinski definition) is 1. The summed E-state index contributed by atoms with van der Waals surface area (Å²) in [5.41, 5.74) is 1.44. The van der Waals surface area contributed by atoms with Crippen LogP contribution in [0.4, 0.5) is 0 Å². The Labute approximate surface area is 164 Å². The van der Waals surface area contributed by atoms with Crippen LogP contribution in [-0.4, -0.2) is 16.9 Å². The molecule has 1 unspecified atom stereocenters. The minimum Gasteiger partial charge on any atom is -0.778 e. The Hall–Kier alpha value is -1.47. The third-order valence-electron chi connectivity index (χ3n) is 3.35. The van der Waals surface area contributed by atoms with Gasteiger partial charge >= 0.3 is 35.3 Å². The van der Waals surface area contributed by atoms with Crippen molar-refractivity contribution < 1.29 is 52.8 Å². The number of benzene rings is 2. The Morgan fingerprint density at radius 2 is 1.92 bits per heavy atom. The van der Waals surface area contributed by atoms with Crippen molar-refractivity contribution in [2.75, 3.05) is 6.16 Å². The molecule has 0 fully saturated rings. The number of fused-ring (bicyclic) bond motifs is 1. The molecular formula is C16H13NNaO6P. The first-order chi connectivity index (χ1) is 11.4. The number of ketones is 1. The Bertz CT molecular complexity index is 981. The quantitative estimate of drug-likeness (QED) is 0.342. The number of oxazole rings is 1. The van der Waals surface area contributed by atoms with Crippen LogP contribution in [0.3, 0.4) is 0 Å². The Morgan fingerprint density at radius 3 is 2.64 bits per heavy atom. The molecule has 1 aromatic heterocycles. The maximum atomic E-state index is 12.1. The molecule has 0 aliphatic heterocycles. The number of carbonyl (C=O) groups excluding carboxylic acids is 1. The van der Waals surface area contributed by atoms with Crippen molar-refractivity contribution in [3.63, 3.8) is 0 Å². The first-order valence-corrected chi connectivity index (χ1v) is 8.80. The summed E-state index contributed by atoms with van der Waals surface area (Å²) in [4.78, 5) is 37.6. The third kappa shape index (κ3) is 5.25. The summed E-state index contributed by atoms with van der Waals surface area (Å²) in [5, 5.41) is 0. The molecule has 0 bridgehead atoms. The number of aromatic amines is 1. The molecule has 0 spiro atoms. The van der Waals surface area contributed by atoms with Gasteiger partial charge in [0.05, 0.1) is 18.3 Å². The fourth-order valence-electron chi connectivity index (χ4n) is 2.18. The summed E-state index contributed by atoms with van der Waals surface area (Å²) in [6.45, 7) is -0.124. The van der Waals surface area contributed by atoms with Crippen LogP contribution in [0.2, 0.25) is 0 Å². The van der Waals surface area contributed by atoms with Gasteiger partial charge in [-0.05, 0) is 23.8 Å². The molecule has 1 N–H and O–H groups in total. The number of carbonyl (C=O) groups is 1. The van der Waals surface area contributed by atoms with E-state index < -0.39 is 25.3 Å². The molecular weight excluding hydrogens is 356 g/mol. The normalized spacial score (nSPS) is 13.2. The molecule has 7 nitrogen and oxygen atoms in total. The summed E-state index contributed by atoms with van der Waals surface area (Å²) < 4.78 is 21.7. The van der Waals surface area contributed by atoms with Gasteiger partial charge < -0.3 is 18.4 Å². The molecule has 9 heteroatoms. The van der Waals surface area contributed by atoms with Crippen molar-refractivity contribution in [1.82, 2.24) is 4.98 Å². The first-order valence-electron chi connectivity index (χ1n) is 7.07. The van der Waals surface area contributed by atoms with E-state index in [2.05, 4.69) is 4.98 Å². The van der Waals surface area contributed by atoms with E-state index in [1.807, 2.05) is 0 Å². The van der Waals surface area contributed by atoms with Gasteiger partial charge in [-0.25, -0.2) is 4.79 Å². The van der Waals surface area contributed by atoms with E-state index in [0.29, 0.717) is 11.1 Å². The Kier molecular flexibility index (Phi) is 6.57. The van der Waals surface area contributed by atoms with Gasteiger partial charge in [0.1, 0.15) is 7.60 Å². The molecule has 0 aliphatic rings. The monoisotopic (exact) mass is 369 g/mol. The number of rotatable bonds is 6. The summed E-state index contributed by atoms with van der Waals surface area (Å²) in [6.07, 6.45) is -0.764. The van der Waals surface area contributed by atoms with E-state index in [0.717, 1.165) is 0 Å². The molecule has 3 aromatic rings. The number of hydrogen-bond acceptors (Lipinski definition) is 6. The molecule has 0 aliphatic carbocycles. The zero-order valence-corrected chi connectivity index (χ0v) is 16.3. The fraction of sp³-hybridized carbons (Fsp3) is 0.125. The average Bonchev–Trinajstić information content (AvgIpc) is 2.92. The number of Topliss-reactive ketones (excluding diaryl/α,β-unsaturated/α-hetero) is 1. The van der Waals surface area contributed by atoms with Crippen LogP contribution < -0.4 is 40.2 Å². The zero-order chi connectivity index (χ0) is 17.2. The largest absolute Gasteiger partial charge is 1.00 e. The minimum atomic E-state index is -4.33. The van der Waals surface area contributed by atoms with E-state index in [1.54, 1.807) is 30.3 Å². The van der Waals surface area contributed by atoms with Gasteiger partial charge in [-0.15, -0.1) is 0 Å². The smallest absolute Gasteiger partial charge is 0.778 e. The summed E-state index contributed by atoms with van der Waals surface area (Å²) in [5.74, 6) is -1.28. The molecule has 0 radical (unpaired) electrons. The van der Waals surface area contributed by atoms with Crippen LogP contribution in [0.5, 0.6) is 0 Å². The summed E-state index contributed by atoms with van der Waals surface area (Å²) >= 11 is 0. The topological polar surface area (TPSA) is 112 Å². The molecule has 3 rings (SSSR count). The zero-order valence-electron chi connectivity index (χ0n) is 13.4. The van der Waals surface area contributed by atoms with Gasteiger partial charge in [0.15, 0.2) is 11.4 Å². The Balaban J connectivity index is 0.00000225.